The number of fused-ring (bicyclic) bond motifs is 1. The molecule has 3 heterocycles. The summed E-state index contributed by atoms with van der Waals surface area (Å²) in [6, 6.07) is 5.38. The second kappa shape index (κ2) is 7.35. The first-order valence-electron chi connectivity index (χ1n) is 9.03. The lowest BCUT2D eigenvalue weighted by molar-refractivity contribution is -0.125. The van der Waals surface area contributed by atoms with E-state index in [2.05, 4.69) is 10.3 Å². The van der Waals surface area contributed by atoms with E-state index >= 15 is 0 Å². The molecule has 1 fully saturated rings. The van der Waals surface area contributed by atoms with Crippen LogP contribution >= 0.6 is 0 Å². The molecule has 2 aromatic heterocycles. The van der Waals surface area contributed by atoms with E-state index in [0.29, 0.717) is 25.9 Å². The van der Waals surface area contributed by atoms with E-state index in [0.717, 1.165) is 17.8 Å². The first kappa shape index (κ1) is 18.2. The van der Waals surface area contributed by atoms with Crippen LogP contribution in [0.4, 0.5) is 4.79 Å². The number of aromatic nitrogens is 2. The highest BCUT2D eigenvalue weighted by atomic mass is 16.6. The van der Waals surface area contributed by atoms with E-state index in [9.17, 15) is 9.59 Å². The Labute approximate surface area is 153 Å². The molecule has 2 aromatic rings. The van der Waals surface area contributed by atoms with Crippen molar-refractivity contribution in [1.82, 2.24) is 19.6 Å². The van der Waals surface area contributed by atoms with E-state index in [1.165, 1.54) is 4.90 Å². The Morgan fingerprint density at radius 1 is 1.35 bits per heavy atom. The molecule has 1 atom stereocenters. The van der Waals surface area contributed by atoms with Crippen LogP contribution in [-0.4, -0.2) is 51.0 Å². The molecular weight excluding hydrogens is 332 g/mol. The maximum Gasteiger partial charge on any atom is 0.410 e. The lowest BCUT2D eigenvalue weighted by Crippen LogP contribution is -2.47. The van der Waals surface area contributed by atoms with Crippen LogP contribution < -0.4 is 5.32 Å². The van der Waals surface area contributed by atoms with Gasteiger partial charge in [-0.3, -0.25) is 9.69 Å². The number of rotatable bonds is 4. The van der Waals surface area contributed by atoms with Crippen LogP contribution in [0.25, 0.3) is 5.65 Å². The highest BCUT2D eigenvalue weighted by Crippen LogP contribution is 2.21. The molecule has 2 amide bonds. The van der Waals surface area contributed by atoms with Crippen molar-refractivity contribution < 1.29 is 14.3 Å². The molecule has 26 heavy (non-hydrogen) atoms. The molecular formula is C19H26N4O3. The zero-order valence-corrected chi connectivity index (χ0v) is 15.6. The van der Waals surface area contributed by atoms with E-state index in [1.54, 1.807) is 0 Å². The van der Waals surface area contributed by atoms with Gasteiger partial charge < -0.3 is 14.5 Å². The lowest BCUT2D eigenvalue weighted by atomic mass is 10.2. The minimum atomic E-state index is -0.566. The van der Waals surface area contributed by atoms with Crippen LogP contribution in [-0.2, 0) is 16.0 Å². The van der Waals surface area contributed by atoms with Gasteiger partial charge in [-0.25, -0.2) is 9.78 Å². The molecule has 0 aromatic carbocycles. The fourth-order valence-electron chi connectivity index (χ4n) is 3.12. The van der Waals surface area contributed by atoms with E-state index in [4.69, 9.17) is 4.74 Å². The van der Waals surface area contributed by atoms with Gasteiger partial charge in [0.2, 0.25) is 5.91 Å². The van der Waals surface area contributed by atoms with E-state index in [-0.39, 0.29) is 5.91 Å². The fourth-order valence-corrected chi connectivity index (χ4v) is 3.12. The second-order valence-electron chi connectivity index (χ2n) is 7.57. The van der Waals surface area contributed by atoms with Gasteiger partial charge >= 0.3 is 6.09 Å². The molecule has 0 bridgehead atoms. The molecule has 1 aliphatic heterocycles. The van der Waals surface area contributed by atoms with Crippen LogP contribution in [0.3, 0.4) is 0 Å². The number of hydrogen-bond acceptors (Lipinski definition) is 4. The van der Waals surface area contributed by atoms with Gasteiger partial charge in [0.25, 0.3) is 0 Å². The van der Waals surface area contributed by atoms with Crippen molar-refractivity contribution in [2.45, 2.75) is 51.7 Å². The predicted octanol–water partition coefficient (Wildman–Crippen LogP) is 2.39. The van der Waals surface area contributed by atoms with Gasteiger partial charge in [0.15, 0.2) is 0 Å². The van der Waals surface area contributed by atoms with Crippen molar-refractivity contribution in [2.75, 3.05) is 13.1 Å². The molecule has 7 nitrogen and oxygen atoms in total. The summed E-state index contributed by atoms with van der Waals surface area (Å²) in [6.45, 7) is 6.52. The Balaban J connectivity index is 1.53. The van der Waals surface area contributed by atoms with Crippen molar-refractivity contribution in [3.63, 3.8) is 0 Å². The molecule has 0 saturated carbocycles. The first-order valence-corrected chi connectivity index (χ1v) is 9.03. The maximum absolute atomic E-state index is 12.5. The number of ether oxygens (including phenoxy) is 1. The SMILES string of the molecule is CC(C)(C)OC(=O)N1CCCC1C(=O)NCCc1cn2ccccc2n1. The van der Waals surface area contributed by atoms with Gasteiger partial charge in [0.1, 0.15) is 17.3 Å². The summed E-state index contributed by atoms with van der Waals surface area (Å²) in [5.74, 6) is -0.128. The number of likely N-dealkylation sites (tertiary alicyclic amines) is 1. The molecule has 0 spiro atoms. The fraction of sp³-hybridized carbons (Fsp3) is 0.526. The third-order valence-electron chi connectivity index (χ3n) is 4.28. The molecule has 3 rings (SSSR count). The van der Waals surface area contributed by atoms with Crippen LogP contribution in [0, 0.1) is 0 Å². The third-order valence-corrected chi connectivity index (χ3v) is 4.28. The summed E-state index contributed by atoms with van der Waals surface area (Å²) in [4.78, 5) is 30.8. The second-order valence-corrected chi connectivity index (χ2v) is 7.57. The Kier molecular flexibility index (Phi) is 5.15. The van der Waals surface area contributed by atoms with E-state index < -0.39 is 17.7 Å². The minimum Gasteiger partial charge on any atom is -0.444 e. The standard InChI is InChI=1S/C19H26N4O3/c1-19(2,3)26-18(25)23-12-6-7-15(23)17(24)20-10-9-14-13-22-11-5-4-8-16(22)21-14/h4-5,8,11,13,15H,6-7,9-10,12H2,1-3H3,(H,20,24). The summed E-state index contributed by atoms with van der Waals surface area (Å²) in [7, 11) is 0. The van der Waals surface area contributed by atoms with Gasteiger partial charge in [-0.2, -0.15) is 0 Å². The van der Waals surface area contributed by atoms with Gasteiger partial charge in [0.05, 0.1) is 5.69 Å². The summed E-state index contributed by atoms with van der Waals surface area (Å²) < 4.78 is 7.36. The number of hydrogen-bond donors (Lipinski definition) is 1. The van der Waals surface area contributed by atoms with Gasteiger partial charge in [-0.1, -0.05) is 6.07 Å². The summed E-state index contributed by atoms with van der Waals surface area (Å²) >= 11 is 0. The van der Waals surface area contributed by atoms with Crippen molar-refractivity contribution in [3.8, 4) is 0 Å². The lowest BCUT2D eigenvalue weighted by Gasteiger charge is -2.28. The topological polar surface area (TPSA) is 75.9 Å². The first-order chi connectivity index (χ1) is 12.3. The van der Waals surface area contributed by atoms with Crippen LogP contribution in [0.2, 0.25) is 0 Å². The van der Waals surface area contributed by atoms with E-state index in [1.807, 2.05) is 55.8 Å². The third kappa shape index (κ3) is 4.33. The molecule has 1 unspecified atom stereocenters. The number of carbonyl (C=O) groups is 2. The number of amides is 2. The molecule has 0 radical (unpaired) electrons. The Hall–Kier alpha value is -2.57. The van der Waals surface area contributed by atoms with Gasteiger partial charge in [0, 0.05) is 31.9 Å². The molecule has 140 valence electrons. The average Bonchev–Trinajstić information content (AvgIpc) is 3.19. The average molecular weight is 358 g/mol. The van der Waals surface area contributed by atoms with Crippen molar-refractivity contribution >= 4 is 17.6 Å². The van der Waals surface area contributed by atoms with Crippen LogP contribution in [0.15, 0.2) is 30.6 Å². The maximum atomic E-state index is 12.5. The Morgan fingerprint density at radius 3 is 2.88 bits per heavy atom. The summed E-state index contributed by atoms with van der Waals surface area (Å²) in [6.07, 6.45) is 5.61. The molecule has 0 aliphatic carbocycles. The highest BCUT2D eigenvalue weighted by Gasteiger charge is 2.36. The highest BCUT2D eigenvalue weighted by molar-refractivity contribution is 5.86. The number of nitrogens with zero attached hydrogens (tertiary/aromatic N) is 3. The molecule has 7 heteroatoms. The van der Waals surface area contributed by atoms with Gasteiger partial charge in [-0.05, 0) is 45.7 Å². The summed E-state index contributed by atoms with van der Waals surface area (Å²) in [5.41, 5.74) is 1.25. The molecule has 1 aliphatic rings. The number of imidazole rings is 1. The number of nitrogens with one attached hydrogen (secondary N) is 1. The van der Waals surface area contributed by atoms with Crippen molar-refractivity contribution in [2.24, 2.45) is 0 Å². The monoisotopic (exact) mass is 358 g/mol. The molecule has 1 N–H and O–H groups in total. The summed E-state index contributed by atoms with van der Waals surface area (Å²) in [5, 5.41) is 2.93. The zero-order valence-electron chi connectivity index (χ0n) is 15.6. The number of carbonyl (C=O) groups excluding carboxylic acids is 2. The molecule has 1 saturated heterocycles. The van der Waals surface area contributed by atoms with Crippen LogP contribution in [0.5, 0.6) is 0 Å². The zero-order chi connectivity index (χ0) is 18.7. The largest absolute Gasteiger partial charge is 0.444 e. The minimum absolute atomic E-state index is 0.128. The smallest absolute Gasteiger partial charge is 0.410 e. The predicted molar refractivity (Wildman–Crippen MR) is 97.9 cm³/mol. The number of pyridine rings is 1. The normalized spacial score (nSPS) is 17.5. The van der Waals surface area contributed by atoms with Crippen molar-refractivity contribution in [3.05, 3.63) is 36.3 Å². The quantitative estimate of drug-likeness (QED) is 0.910. The van der Waals surface area contributed by atoms with Gasteiger partial charge in [-0.15, -0.1) is 0 Å². The Morgan fingerprint density at radius 2 is 2.15 bits per heavy atom. The Bertz CT molecular complexity index is 760. The van der Waals surface area contributed by atoms with Crippen LogP contribution in [0.1, 0.15) is 39.3 Å². The van der Waals surface area contributed by atoms with Crippen molar-refractivity contribution in [1.29, 1.82) is 0 Å².